The fourth-order valence-electron chi connectivity index (χ4n) is 3.39. The lowest BCUT2D eigenvalue weighted by Gasteiger charge is -2.23. The predicted octanol–water partition coefficient (Wildman–Crippen LogP) is 2.79. The van der Waals surface area contributed by atoms with Crippen LogP contribution < -0.4 is 10.5 Å². The Balaban J connectivity index is 1.82. The summed E-state index contributed by atoms with van der Waals surface area (Å²) in [6.07, 6.45) is 5.51. The van der Waals surface area contributed by atoms with E-state index in [1.165, 1.54) is 34.5 Å². The normalized spacial score (nSPS) is 23.7. The summed E-state index contributed by atoms with van der Waals surface area (Å²) >= 11 is 1.82. The second kappa shape index (κ2) is 4.30. The second-order valence-electron chi connectivity index (χ2n) is 5.74. The van der Waals surface area contributed by atoms with Gasteiger partial charge in [-0.15, -0.1) is 11.3 Å². The number of nitrogens with zero attached hydrogens (tertiary/aromatic N) is 1. The van der Waals surface area contributed by atoms with Crippen molar-refractivity contribution in [2.75, 3.05) is 7.11 Å². The molecule has 1 aromatic heterocycles. The van der Waals surface area contributed by atoms with Gasteiger partial charge in [-0.3, -0.25) is 0 Å². The minimum atomic E-state index is -0.418. The van der Waals surface area contributed by atoms with E-state index in [0.717, 1.165) is 30.0 Å². The summed E-state index contributed by atoms with van der Waals surface area (Å²) in [5.41, 5.74) is 10.2. The Morgan fingerprint density at radius 3 is 3.00 bits per heavy atom. The highest BCUT2D eigenvalue weighted by Gasteiger charge is 2.40. The first kappa shape index (κ1) is 12.4. The minimum Gasteiger partial charge on any atom is -0.497 e. The predicted molar refractivity (Wildman–Crippen MR) is 80.4 cm³/mol. The molecule has 1 heterocycles. The SMILES string of the molecule is COc1ccc2c(c1)C(N)(c1nc3c(s1)CCC3)CC2. The number of nitrogens with two attached hydrogens (primary N) is 1. The largest absolute Gasteiger partial charge is 0.497 e. The maximum atomic E-state index is 6.77. The van der Waals surface area contributed by atoms with Crippen LogP contribution in [0.15, 0.2) is 18.2 Å². The molecule has 0 saturated heterocycles. The molecule has 2 aliphatic carbocycles. The number of aromatic nitrogens is 1. The number of rotatable bonds is 2. The molecule has 3 nitrogen and oxygen atoms in total. The molecular weight excluding hydrogens is 268 g/mol. The molecule has 0 bridgehead atoms. The van der Waals surface area contributed by atoms with E-state index in [9.17, 15) is 0 Å². The van der Waals surface area contributed by atoms with Crippen LogP contribution in [0.1, 0.15) is 39.5 Å². The number of aryl methyl sites for hydroxylation is 3. The van der Waals surface area contributed by atoms with Crippen molar-refractivity contribution in [2.45, 2.75) is 37.6 Å². The van der Waals surface area contributed by atoms with E-state index in [2.05, 4.69) is 12.1 Å². The summed E-state index contributed by atoms with van der Waals surface area (Å²) in [5.74, 6) is 0.879. The van der Waals surface area contributed by atoms with Gasteiger partial charge in [0.1, 0.15) is 10.8 Å². The van der Waals surface area contributed by atoms with Gasteiger partial charge in [-0.1, -0.05) is 6.07 Å². The third-order valence-electron chi connectivity index (χ3n) is 4.56. The van der Waals surface area contributed by atoms with E-state index >= 15 is 0 Å². The van der Waals surface area contributed by atoms with Gasteiger partial charge in [0, 0.05) is 4.88 Å². The van der Waals surface area contributed by atoms with Gasteiger partial charge in [0.05, 0.1) is 18.3 Å². The van der Waals surface area contributed by atoms with Crippen molar-refractivity contribution in [3.05, 3.63) is 44.9 Å². The number of ether oxygens (including phenoxy) is 1. The minimum absolute atomic E-state index is 0.418. The Hall–Kier alpha value is -1.39. The highest BCUT2D eigenvalue weighted by atomic mass is 32.1. The molecule has 0 fully saturated rings. The van der Waals surface area contributed by atoms with Crippen LogP contribution in [-0.4, -0.2) is 12.1 Å². The van der Waals surface area contributed by atoms with Crippen molar-refractivity contribution in [3.63, 3.8) is 0 Å². The first-order chi connectivity index (χ1) is 9.70. The van der Waals surface area contributed by atoms with Gasteiger partial charge in [0.15, 0.2) is 0 Å². The smallest absolute Gasteiger partial charge is 0.119 e. The third-order valence-corrected chi connectivity index (χ3v) is 5.90. The van der Waals surface area contributed by atoms with Crippen molar-refractivity contribution in [1.82, 2.24) is 4.98 Å². The highest BCUT2D eigenvalue weighted by Crippen LogP contribution is 2.44. The lowest BCUT2D eigenvalue weighted by molar-refractivity contribution is 0.413. The number of hydrogen-bond acceptors (Lipinski definition) is 4. The molecule has 2 aromatic rings. The van der Waals surface area contributed by atoms with Crippen molar-refractivity contribution < 1.29 is 4.74 Å². The van der Waals surface area contributed by atoms with Gasteiger partial charge in [-0.05, 0) is 55.4 Å². The van der Waals surface area contributed by atoms with Gasteiger partial charge in [0.25, 0.3) is 0 Å². The molecule has 0 saturated carbocycles. The highest BCUT2D eigenvalue weighted by molar-refractivity contribution is 7.12. The first-order valence-electron chi connectivity index (χ1n) is 7.16. The van der Waals surface area contributed by atoms with E-state index < -0.39 is 5.54 Å². The Morgan fingerprint density at radius 2 is 2.20 bits per heavy atom. The Kier molecular flexibility index (Phi) is 2.66. The van der Waals surface area contributed by atoms with Crippen LogP contribution in [-0.2, 0) is 24.8 Å². The van der Waals surface area contributed by atoms with Gasteiger partial charge in [0.2, 0.25) is 0 Å². The molecule has 0 radical (unpaired) electrons. The quantitative estimate of drug-likeness (QED) is 0.923. The number of fused-ring (bicyclic) bond motifs is 2. The summed E-state index contributed by atoms with van der Waals surface area (Å²) < 4.78 is 5.36. The third kappa shape index (κ3) is 1.64. The molecule has 0 spiro atoms. The fourth-order valence-corrected chi connectivity index (χ4v) is 4.68. The van der Waals surface area contributed by atoms with Crippen molar-refractivity contribution in [2.24, 2.45) is 5.73 Å². The summed E-state index contributed by atoms with van der Waals surface area (Å²) in [5, 5.41) is 1.09. The Bertz CT molecular complexity index is 658. The number of hydrogen-bond donors (Lipinski definition) is 1. The van der Waals surface area contributed by atoms with E-state index in [-0.39, 0.29) is 0 Å². The lowest BCUT2D eigenvalue weighted by atomic mass is 9.93. The van der Waals surface area contributed by atoms with Crippen LogP contribution in [0.5, 0.6) is 5.75 Å². The zero-order valence-electron chi connectivity index (χ0n) is 11.6. The van der Waals surface area contributed by atoms with E-state index in [1.807, 2.05) is 17.4 Å². The molecule has 20 heavy (non-hydrogen) atoms. The van der Waals surface area contributed by atoms with Gasteiger partial charge in [-0.2, -0.15) is 0 Å². The Morgan fingerprint density at radius 1 is 1.30 bits per heavy atom. The fraction of sp³-hybridized carbons (Fsp3) is 0.438. The number of benzene rings is 1. The molecule has 0 aliphatic heterocycles. The first-order valence-corrected chi connectivity index (χ1v) is 7.98. The average molecular weight is 286 g/mol. The molecule has 2 aliphatic rings. The molecular formula is C16H18N2OS. The zero-order chi connectivity index (χ0) is 13.7. The van der Waals surface area contributed by atoms with Crippen LogP contribution in [0.3, 0.4) is 0 Å². The molecule has 1 unspecified atom stereocenters. The van der Waals surface area contributed by atoms with Crippen LogP contribution >= 0.6 is 11.3 Å². The zero-order valence-corrected chi connectivity index (χ0v) is 12.4. The molecule has 1 atom stereocenters. The van der Waals surface area contributed by atoms with Crippen LogP contribution in [0.25, 0.3) is 0 Å². The topological polar surface area (TPSA) is 48.1 Å². The second-order valence-corrected chi connectivity index (χ2v) is 6.82. The van der Waals surface area contributed by atoms with Gasteiger partial charge >= 0.3 is 0 Å². The molecule has 0 amide bonds. The van der Waals surface area contributed by atoms with E-state index in [4.69, 9.17) is 15.5 Å². The summed E-state index contributed by atoms with van der Waals surface area (Å²) in [7, 11) is 1.70. The van der Waals surface area contributed by atoms with Crippen molar-refractivity contribution >= 4 is 11.3 Å². The molecule has 104 valence electrons. The van der Waals surface area contributed by atoms with Crippen LogP contribution in [0, 0.1) is 0 Å². The monoisotopic (exact) mass is 286 g/mol. The maximum absolute atomic E-state index is 6.77. The Labute approximate surface area is 122 Å². The van der Waals surface area contributed by atoms with E-state index in [1.54, 1.807) is 7.11 Å². The van der Waals surface area contributed by atoms with Crippen LogP contribution in [0.2, 0.25) is 0 Å². The van der Waals surface area contributed by atoms with Gasteiger partial charge < -0.3 is 10.5 Å². The summed E-state index contributed by atoms with van der Waals surface area (Å²) in [6.45, 7) is 0. The lowest BCUT2D eigenvalue weighted by Crippen LogP contribution is -2.35. The standard InChI is InChI=1S/C16H18N2OS/c1-19-11-6-5-10-7-8-16(17,12(10)9-11)15-18-13-3-2-4-14(13)20-15/h5-6,9H,2-4,7-8,17H2,1H3. The maximum Gasteiger partial charge on any atom is 0.119 e. The molecule has 1 aromatic carbocycles. The van der Waals surface area contributed by atoms with Crippen LogP contribution in [0.4, 0.5) is 0 Å². The molecule has 4 rings (SSSR count). The molecule has 4 heteroatoms. The average Bonchev–Trinajstić information content (AvgIpc) is 3.12. The van der Waals surface area contributed by atoms with Crippen molar-refractivity contribution in [3.8, 4) is 5.75 Å². The van der Waals surface area contributed by atoms with Crippen molar-refractivity contribution in [1.29, 1.82) is 0 Å². The van der Waals surface area contributed by atoms with E-state index in [0.29, 0.717) is 0 Å². The summed E-state index contributed by atoms with van der Waals surface area (Å²) in [6, 6.07) is 6.26. The molecule has 2 N–H and O–H groups in total. The summed E-state index contributed by atoms with van der Waals surface area (Å²) in [4.78, 5) is 6.30. The van der Waals surface area contributed by atoms with Gasteiger partial charge in [-0.25, -0.2) is 4.98 Å². The number of methoxy groups -OCH3 is 1. The number of thiazole rings is 1.